The zero-order chi connectivity index (χ0) is 59.9. The highest BCUT2D eigenvalue weighted by Crippen LogP contribution is 2.45. The molecule has 0 aromatic heterocycles. The predicted octanol–water partition coefficient (Wildman–Crippen LogP) is 17.0. The minimum atomic E-state index is -4.94. The molecule has 0 radical (unpaired) electrons. The number of unbranched alkanes of at least 4 members (excludes halogenated alkanes) is 33. The monoisotopic (exact) mass is 1200 g/mol. The maximum Gasteiger partial charge on any atom is 0.472 e. The zero-order valence-electron chi connectivity index (χ0n) is 51.9. The number of aliphatic hydroxyl groups is 1. The molecular formula is C62H120O17P2. The average Bonchev–Trinajstić information content (AvgIpc) is 3.44. The summed E-state index contributed by atoms with van der Waals surface area (Å²) in [6, 6.07) is 0. The van der Waals surface area contributed by atoms with Crippen LogP contribution in [-0.2, 0) is 65.4 Å². The molecule has 0 spiro atoms. The smallest absolute Gasteiger partial charge is 0.462 e. The van der Waals surface area contributed by atoms with Gasteiger partial charge in [-0.1, -0.05) is 259 Å². The number of carbonyl (C=O) groups is 4. The van der Waals surface area contributed by atoms with Gasteiger partial charge in [0.15, 0.2) is 12.2 Å². The van der Waals surface area contributed by atoms with Gasteiger partial charge in [0.25, 0.3) is 0 Å². The van der Waals surface area contributed by atoms with E-state index in [-0.39, 0.29) is 25.7 Å². The molecule has 0 fully saturated rings. The van der Waals surface area contributed by atoms with Crippen LogP contribution in [0.4, 0.5) is 0 Å². The van der Waals surface area contributed by atoms with Crippen LogP contribution in [-0.4, -0.2) is 96.7 Å². The Morgan fingerprint density at radius 2 is 0.593 bits per heavy atom. The Morgan fingerprint density at radius 1 is 0.346 bits per heavy atom. The largest absolute Gasteiger partial charge is 0.472 e. The summed E-state index contributed by atoms with van der Waals surface area (Å²) in [5.41, 5.74) is 0. The first-order valence-corrected chi connectivity index (χ1v) is 35.7. The molecule has 0 aromatic rings. The number of phosphoric ester groups is 2. The van der Waals surface area contributed by atoms with E-state index in [0.29, 0.717) is 25.7 Å². The Labute approximate surface area is 492 Å². The highest BCUT2D eigenvalue weighted by atomic mass is 31.2. The fraction of sp³-hybridized carbons (Fsp3) is 0.935. The van der Waals surface area contributed by atoms with E-state index in [2.05, 4.69) is 34.6 Å². The molecule has 0 aliphatic rings. The average molecular weight is 1200 g/mol. The second kappa shape index (κ2) is 55.9. The molecule has 0 amide bonds. The van der Waals surface area contributed by atoms with Gasteiger partial charge < -0.3 is 33.8 Å². The predicted molar refractivity (Wildman–Crippen MR) is 322 cm³/mol. The molecule has 3 unspecified atom stereocenters. The summed E-state index contributed by atoms with van der Waals surface area (Å²) < 4.78 is 67.7. The highest BCUT2D eigenvalue weighted by Gasteiger charge is 2.30. The van der Waals surface area contributed by atoms with Crippen molar-refractivity contribution in [3.8, 4) is 0 Å². The van der Waals surface area contributed by atoms with Crippen molar-refractivity contribution in [1.29, 1.82) is 0 Å². The van der Waals surface area contributed by atoms with E-state index in [1.807, 2.05) is 0 Å². The first kappa shape index (κ1) is 79.1. The van der Waals surface area contributed by atoms with E-state index in [4.69, 9.17) is 37.0 Å². The number of ether oxygens (including phenoxy) is 4. The van der Waals surface area contributed by atoms with Crippen LogP contribution >= 0.6 is 15.6 Å². The summed E-state index contributed by atoms with van der Waals surface area (Å²) in [6.07, 6.45) is 39.1. The molecule has 0 aromatic carbocycles. The van der Waals surface area contributed by atoms with Gasteiger partial charge >= 0.3 is 39.5 Å². The van der Waals surface area contributed by atoms with E-state index in [1.54, 1.807) is 0 Å². The molecule has 0 bridgehead atoms. The second-order valence-corrected chi connectivity index (χ2v) is 25.6. The number of carbonyl (C=O) groups excluding carboxylic acids is 4. The van der Waals surface area contributed by atoms with Gasteiger partial charge in [-0.2, -0.15) is 0 Å². The number of rotatable bonds is 62. The number of phosphoric acid groups is 2. The summed E-state index contributed by atoms with van der Waals surface area (Å²) in [6.45, 7) is 7.10. The molecule has 0 rings (SSSR count). The van der Waals surface area contributed by atoms with E-state index in [1.165, 1.54) is 109 Å². The molecule has 17 nitrogen and oxygen atoms in total. The standard InChI is InChI=1S/C62H120O17P2/c1-6-10-13-16-19-20-21-22-23-24-25-26-33-38-43-48-62(67)79-58(52-73-60(65)46-41-36-32-28-27-31-34-39-44-55(5)9-4)54-77-81(70,71)75-50-56(63)49-74-80(68,69)76-53-57(78-61(66)47-42-37-30-18-15-12-8-3)51-72-59(64)45-40-35-29-17-14-11-7-2/h55-58,63H,6-54H2,1-5H3,(H,68,69)(H,70,71)/t55?,56-,57+,58+/m0/s1. The van der Waals surface area contributed by atoms with Crippen molar-refractivity contribution in [2.45, 2.75) is 329 Å². The first-order valence-electron chi connectivity index (χ1n) is 32.7. The van der Waals surface area contributed by atoms with Gasteiger partial charge in [-0.05, 0) is 31.6 Å². The molecule has 0 heterocycles. The lowest BCUT2D eigenvalue weighted by atomic mass is 9.99. The van der Waals surface area contributed by atoms with Gasteiger partial charge in [0.05, 0.1) is 26.4 Å². The molecule has 6 atom stereocenters. The van der Waals surface area contributed by atoms with Crippen LogP contribution in [0.3, 0.4) is 0 Å². The van der Waals surface area contributed by atoms with Crippen LogP contribution in [0.1, 0.15) is 311 Å². The third-order valence-corrected chi connectivity index (χ3v) is 16.5. The van der Waals surface area contributed by atoms with Crippen molar-refractivity contribution in [2.24, 2.45) is 5.92 Å². The summed E-state index contributed by atoms with van der Waals surface area (Å²) in [5, 5.41) is 10.5. The number of hydrogen-bond acceptors (Lipinski definition) is 15. The first-order chi connectivity index (χ1) is 39.1. The van der Waals surface area contributed by atoms with E-state index < -0.39 is 97.5 Å². The van der Waals surface area contributed by atoms with E-state index in [9.17, 15) is 43.2 Å². The molecule has 0 saturated carbocycles. The Hall–Kier alpha value is -1.94. The minimum Gasteiger partial charge on any atom is -0.462 e. The topological polar surface area (TPSA) is 237 Å². The fourth-order valence-electron chi connectivity index (χ4n) is 9.20. The molecule has 0 aliphatic heterocycles. The quantitative estimate of drug-likeness (QED) is 0.0222. The van der Waals surface area contributed by atoms with Crippen molar-refractivity contribution in [1.82, 2.24) is 0 Å². The SMILES string of the molecule is CCCCCCCCCCCCCCCCCC(=O)O[C@H](COC(=O)CCCCCCCCCCC(C)CC)COP(=O)(O)OC[C@@H](O)COP(=O)(O)OC[C@@H](COC(=O)CCCCCCCCC)OC(=O)CCCCCCCCC. The van der Waals surface area contributed by atoms with Gasteiger partial charge in [0.2, 0.25) is 0 Å². The Balaban J connectivity index is 5.19. The third kappa shape index (κ3) is 55.7. The molecule has 480 valence electrons. The van der Waals surface area contributed by atoms with Crippen molar-refractivity contribution in [3.05, 3.63) is 0 Å². The molecule has 81 heavy (non-hydrogen) atoms. The summed E-state index contributed by atoms with van der Waals surface area (Å²) in [7, 11) is -9.87. The Morgan fingerprint density at radius 3 is 0.877 bits per heavy atom. The number of aliphatic hydroxyl groups excluding tert-OH is 1. The van der Waals surface area contributed by atoms with Gasteiger partial charge in [0.1, 0.15) is 19.3 Å². The second-order valence-electron chi connectivity index (χ2n) is 22.7. The maximum atomic E-state index is 13.0. The highest BCUT2D eigenvalue weighted by molar-refractivity contribution is 7.47. The van der Waals surface area contributed by atoms with Crippen LogP contribution in [0.15, 0.2) is 0 Å². The zero-order valence-corrected chi connectivity index (χ0v) is 53.7. The van der Waals surface area contributed by atoms with Crippen LogP contribution in [0.25, 0.3) is 0 Å². The molecular weight excluding hydrogens is 1080 g/mol. The Kier molecular flexibility index (Phi) is 54.6. The maximum absolute atomic E-state index is 13.0. The molecule has 19 heteroatoms. The number of esters is 4. The summed E-state index contributed by atoms with van der Waals surface area (Å²) in [5.74, 6) is -1.37. The van der Waals surface area contributed by atoms with E-state index >= 15 is 0 Å². The van der Waals surface area contributed by atoms with Crippen LogP contribution in [0.5, 0.6) is 0 Å². The molecule has 0 saturated heterocycles. The normalized spacial score (nSPS) is 14.6. The Bertz CT molecular complexity index is 1590. The van der Waals surface area contributed by atoms with Crippen LogP contribution in [0.2, 0.25) is 0 Å². The van der Waals surface area contributed by atoms with Crippen molar-refractivity contribution >= 4 is 39.5 Å². The fourth-order valence-corrected chi connectivity index (χ4v) is 10.8. The van der Waals surface area contributed by atoms with Gasteiger partial charge in [-0.25, -0.2) is 9.13 Å². The van der Waals surface area contributed by atoms with Gasteiger partial charge in [0, 0.05) is 25.7 Å². The van der Waals surface area contributed by atoms with Crippen molar-refractivity contribution < 1.29 is 80.2 Å². The molecule has 0 aliphatic carbocycles. The van der Waals surface area contributed by atoms with Gasteiger partial charge in [-0.15, -0.1) is 0 Å². The lowest BCUT2D eigenvalue weighted by Gasteiger charge is -2.21. The number of hydrogen-bond donors (Lipinski definition) is 3. The van der Waals surface area contributed by atoms with Crippen LogP contribution in [0, 0.1) is 5.92 Å². The van der Waals surface area contributed by atoms with Crippen LogP contribution < -0.4 is 0 Å². The van der Waals surface area contributed by atoms with Crippen molar-refractivity contribution in [2.75, 3.05) is 39.6 Å². The van der Waals surface area contributed by atoms with Crippen molar-refractivity contribution in [3.63, 3.8) is 0 Å². The molecule has 3 N–H and O–H groups in total. The lowest BCUT2D eigenvalue weighted by molar-refractivity contribution is -0.161. The van der Waals surface area contributed by atoms with E-state index in [0.717, 1.165) is 121 Å². The third-order valence-electron chi connectivity index (χ3n) is 14.6. The summed E-state index contributed by atoms with van der Waals surface area (Å²) >= 11 is 0. The van der Waals surface area contributed by atoms with Gasteiger partial charge in [-0.3, -0.25) is 37.3 Å². The summed E-state index contributed by atoms with van der Waals surface area (Å²) in [4.78, 5) is 71.9. The lowest BCUT2D eigenvalue weighted by Crippen LogP contribution is -2.30. The minimum absolute atomic E-state index is 0.103.